The Bertz CT molecular complexity index is 446. The SMILES string of the molecule is CS(=O)(=O)[C@@H](Cl)[C@H](O)c1ccccc1F. The monoisotopic (exact) mass is 252 g/mol. The van der Waals surface area contributed by atoms with E-state index in [1.807, 2.05) is 0 Å². The molecule has 0 aliphatic rings. The third kappa shape index (κ3) is 2.90. The largest absolute Gasteiger partial charge is 0.386 e. The summed E-state index contributed by atoms with van der Waals surface area (Å²) in [4.78, 5) is 0. The highest BCUT2D eigenvalue weighted by Crippen LogP contribution is 2.26. The Morgan fingerprint density at radius 1 is 1.40 bits per heavy atom. The second-order valence-corrected chi connectivity index (χ2v) is 6.04. The summed E-state index contributed by atoms with van der Waals surface area (Å²) in [6.07, 6.45) is -0.683. The van der Waals surface area contributed by atoms with Gasteiger partial charge >= 0.3 is 0 Å². The van der Waals surface area contributed by atoms with Gasteiger partial charge in [-0.05, 0) is 6.07 Å². The molecule has 0 aliphatic carbocycles. The number of rotatable bonds is 3. The van der Waals surface area contributed by atoms with E-state index < -0.39 is 26.5 Å². The quantitative estimate of drug-likeness (QED) is 0.829. The molecule has 1 aromatic rings. The third-order valence-corrected chi connectivity index (χ3v) is 4.17. The molecular formula is C9H10ClFO3S. The molecule has 1 rings (SSSR count). The molecule has 15 heavy (non-hydrogen) atoms. The number of alkyl halides is 1. The standard InChI is InChI=1S/C9H10ClFO3S/c1-15(13,14)9(10)8(12)6-4-2-3-5-7(6)11/h2-5,8-9,12H,1H3/t8-,9-/m1/s1. The minimum Gasteiger partial charge on any atom is -0.386 e. The highest BCUT2D eigenvalue weighted by atomic mass is 35.5. The molecule has 0 aromatic heterocycles. The molecular weight excluding hydrogens is 243 g/mol. The minimum absolute atomic E-state index is 0.122. The van der Waals surface area contributed by atoms with Gasteiger partial charge in [-0.3, -0.25) is 0 Å². The van der Waals surface area contributed by atoms with Gasteiger partial charge in [0, 0.05) is 11.8 Å². The summed E-state index contributed by atoms with van der Waals surface area (Å²) in [5, 5.41) is 9.55. The van der Waals surface area contributed by atoms with Crippen LogP contribution in [0.3, 0.4) is 0 Å². The Morgan fingerprint density at radius 3 is 2.40 bits per heavy atom. The van der Waals surface area contributed by atoms with Crippen molar-refractivity contribution in [1.82, 2.24) is 0 Å². The molecule has 0 saturated carbocycles. The fraction of sp³-hybridized carbons (Fsp3) is 0.333. The lowest BCUT2D eigenvalue weighted by Gasteiger charge is -2.15. The molecule has 3 nitrogen and oxygen atoms in total. The van der Waals surface area contributed by atoms with Crippen LogP contribution in [0.5, 0.6) is 0 Å². The predicted octanol–water partition coefficient (Wildman–Crippen LogP) is 1.47. The van der Waals surface area contributed by atoms with Crippen LogP contribution in [0.4, 0.5) is 4.39 Å². The van der Waals surface area contributed by atoms with Gasteiger partial charge in [-0.25, -0.2) is 12.8 Å². The van der Waals surface area contributed by atoms with Crippen molar-refractivity contribution in [1.29, 1.82) is 0 Å². The first-order valence-corrected chi connectivity index (χ1v) is 6.48. The topological polar surface area (TPSA) is 54.4 Å². The molecule has 0 amide bonds. The molecule has 0 spiro atoms. The van der Waals surface area contributed by atoms with E-state index in [9.17, 15) is 17.9 Å². The van der Waals surface area contributed by atoms with Crippen molar-refractivity contribution in [2.45, 2.75) is 10.8 Å². The van der Waals surface area contributed by atoms with Crippen molar-refractivity contribution in [3.05, 3.63) is 35.6 Å². The molecule has 2 atom stereocenters. The maximum absolute atomic E-state index is 13.2. The van der Waals surface area contributed by atoms with Crippen LogP contribution in [0, 0.1) is 5.82 Å². The van der Waals surface area contributed by atoms with Gasteiger partial charge < -0.3 is 5.11 Å². The number of aliphatic hydroxyl groups excluding tert-OH is 1. The van der Waals surface area contributed by atoms with Gasteiger partial charge in [0.05, 0.1) is 0 Å². The number of sulfone groups is 1. The van der Waals surface area contributed by atoms with E-state index in [1.54, 1.807) is 0 Å². The summed E-state index contributed by atoms with van der Waals surface area (Å²) in [5.74, 6) is -0.681. The van der Waals surface area contributed by atoms with Gasteiger partial charge in [-0.2, -0.15) is 0 Å². The van der Waals surface area contributed by atoms with Gasteiger partial charge in [0.2, 0.25) is 0 Å². The van der Waals surface area contributed by atoms with Crippen molar-refractivity contribution in [2.24, 2.45) is 0 Å². The minimum atomic E-state index is -3.62. The number of aliphatic hydroxyl groups is 1. The van der Waals surface area contributed by atoms with Gasteiger partial charge in [0.1, 0.15) is 11.9 Å². The van der Waals surface area contributed by atoms with Crippen LogP contribution in [0.15, 0.2) is 24.3 Å². The third-order valence-electron chi connectivity index (χ3n) is 1.88. The van der Waals surface area contributed by atoms with Crippen LogP contribution < -0.4 is 0 Å². The fourth-order valence-electron chi connectivity index (χ4n) is 1.09. The highest BCUT2D eigenvalue weighted by molar-refractivity contribution is 7.92. The lowest BCUT2D eigenvalue weighted by Crippen LogP contribution is -2.22. The zero-order chi connectivity index (χ0) is 11.6. The zero-order valence-electron chi connectivity index (χ0n) is 7.89. The van der Waals surface area contributed by atoms with E-state index in [0.717, 1.165) is 12.3 Å². The maximum Gasteiger partial charge on any atom is 0.167 e. The van der Waals surface area contributed by atoms with Gasteiger partial charge in [0.15, 0.2) is 14.5 Å². The predicted molar refractivity (Wildman–Crippen MR) is 55.8 cm³/mol. The van der Waals surface area contributed by atoms with E-state index in [4.69, 9.17) is 11.6 Å². The summed E-state index contributed by atoms with van der Waals surface area (Å²) in [5.41, 5.74) is -0.122. The average molecular weight is 253 g/mol. The molecule has 0 heterocycles. The molecule has 0 aliphatic heterocycles. The van der Waals surface area contributed by atoms with Crippen LogP contribution in [0.25, 0.3) is 0 Å². The summed E-state index contributed by atoms with van der Waals surface area (Å²) >= 11 is 5.51. The van der Waals surface area contributed by atoms with Gasteiger partial charge in [-0.1, -0.05) is 18.2 Å². The second kappa shape index (κ2) is 4.47. The van der Waals surface area contributed by atoms with Gasteiger partial charge in [0.25, 0.3) is 0 Å². The van der Waals surface area contributed by atoms with Crippen molar-refractivity contribution >= 4 is 21.4 Å². The normalized spacial score (nSPS) is 16.0. The van der Waals surface area contributed by atoms with Crippen molar-refractivity contribution in [2.75, 3.05) is 6.26 Å². The van der Waals surface area contributed by atoms with Crippen LogP contribution in [-0.2, 0) is 9.84 Å². The Morgan fingerprint density at radius 2 is 1.93 bits per heavy atom. The van der Waals surface area contributed by atoms with E-state index in [0.29, 0.717) is 0 Å². The molecule has 0 fully saturated rings. The smallest absolute Gasteiger partial charge is 0.167 e. The first-order valence-electron chi connectivity index (χ1n) is 4.09. The summed E-state index contributed by atoms with van der Waals surface area (Å²) in [7, 11) is -3.62. The molecule has 1 N–H and O–H groups in total. The van der Waals surface area contributed by atoms with E-state index in [-0.39, 0.29) is 5.56 Å². The van der Waals surface area contributed by atoms with Crippen molar-refractivity contribution in [3.8, 4) is 0 Å². The lowest BCUT2D eigenvalue weighted by molar-refractivity contribution is 0.187. The van der Waals surface area contributed by atoms with Crippen LogP contribution in [0.2, 0.25) is 0 Å². The maximum atomic E-state index is 13.2. The van der Waals surface area contributed by atoms with Crippen LogP contribution in [0.1, 0.15) is 11.7 Å². The molecule has 6 heteroatoms. The summed E-state index contributed by atoms with van der Waals surface area (Å²) in [6, 6.07) is 5.35. The van der Waals surface area contributed by atoms with E-state index in [2.05, 4.69) is 0 Å². The second-order valence-electron chi connectivity index (χ2n) is 3.15. The molecule has 0 unspecified atom stereocenters. The highest BCUT2D eigenvalue weighted by Gasteiger charge is 2.29. The molecule has 0 bridgehead atoms. The first-order chi connectivity index (χ1) is 6.84. The summed E-state index contributed by atoms with van der Waals surface area (Å²) in [6.45, 7) is 0. The Hall–Kier alpha value is -0.650. The Labute approximate surface area is 92.4 Å². The number of hydrogen-bond donors (Lipinski definition) is 1. The van der Waals surface area contributed by atoms with Crippen molar-refractivity contribution < 1.29 is 17.9 Å². The van der Waals surface area contributed by atoms with E-state index >= 15 is 0 Å². The number of hydrogen-bond acceptors (Lipinski definition) is 3. The number of benzene rings is 1. The first kappa shape index (κ1) is 12.4. The molecule has 84 valence electrons. The van der Waals surface area contributed by atoms with Crippen molar-refractivity contribution in [3.63, 3.8) is 0 Å². The zero-order valence-corrected chi connectivity index (χ0v) is 9.46. The summed E-state index contributed by atoms with van der Waals surface area (Å²) < 4.78 is 33.7. The lowest BCUT2D eigenvalue weighted by atomic mass is 10.1. The van der Waals surface area contributed by atoms with E-state index in [1.165, 1.54) is 18.2 Å². The molecule has 0 radical (unpaired) electrons. The van der Waals surface area contributed by atoms with Gasteiger partial charge in [-0.15, -0.1) is 11.6 Å². The molecule has 0 saturated heterocycles. The van der Waals surface area contributed by atoms with Crippen LogP contribution >= 0.6 is 11.6 Å². The fourth-order valence-corrected chi connectivity index (χ4v) is 1.84. The average Bonchev–Trinajstić information content (AvgIpc) is 2.15. The molecule has 1 aromatic carbocycles. The Kier molecular flexibility index (Phi) is 3.70. The van der Waals surface area contributed by atoms with Crippen LogP contribution in [-0.4, -0.2) is 24.5 Å². The number of halogens is 2. The Balaban J connectivity index is 3.06.